The van der Waals surface area contributed by atoms with Crippen LogP contribution in [0.25, 0.3) is 0 Å². The molecule has 0 aromatic heterocycles. The zero-order valence-corrected chi connectivity index (χ0v) is 8.09. The van der Waals surface area contributed by atoms with E-state index in [2.05, 4.69) is 0 Å². The number of benzene rings is 1. The number of carboxylic acid groups (broad SMARTS) is 1. The Morgan fingerprint density at radius 3 is 2.73 bits per heavy atom. The molecule has 0 aliphatic rings. The highest BCUT2D eigenvalue weighted by atomic mass is 16.5. The van der Waals surface area contributed by atoms with E-state index in [0.717, 1.165) is 0 Å². The largest absolute Gasteiger partial charge is 0.482 e. The summed E-state index contributed by atoms with van der Waals surface area (Å²) in [6.07, 6.45) is 0. The van der Waals surface area contributed by atoms with Crippen LogP contribution in [0.4, 0.5) is 0 Å². The first kappa shape index (κ1) is 11.5. The van der Waals surface area contributed by atoms with Crippen LogP contribution in [0.5, 0.6) is 5.75 Å². The molecule has 0 saturated heterocycles. The Balaban J connectivity index is 2.81. The Bertz CT molecular complexity index is 340. The van der Waals surface area contributed by atoms with Crippen molar-refractivity contribution < 1.29 is 19.7 Å². The molecular weight excluding hydrogens is 198 g/mol. The summed E-state index contributed by atoms with van der Waals surface area (Å²) in [5.74, 6) is -0.663. The highest BCUT2D eigenvalue weighted by Gasteiger charge is 2.11. The number of aliphatic carboxylic acids is 1. The minimum absolute atomic E-state index is 0.215. The van der Waals surface area contributed by atoms with Crippen LogP contribution in [0, 0.1) is 0 Å². The summed E-state index contributed by atoms with van der Waals surface area (Å²) in [5.41, 5.74) is 6.22. The van der Waals surface area contributed by atoms with Crippen LogP contribution >= 0.6 is 0 Å². The van der Waals surface area contributed by atoms with E-state index >= 15 is 0 Å². The maximum absolute atomic E-state index is 10.3. The molecule has 0 radical (unpaired) electrons. The molecule has 0 heterocycles. The smallest absolute Gasteiger partial charge is 0.341 e. The highest BCUT2D eigenvalue weighted by molar-refractivity contribution is 5.68. The van der Waals surface area contributed by atoms with E-state index in [1.807, 2.05) is 0 Å². The fourth-order valence-electron chi connectivity index (χ4n) is 1.16. The first-order valence-corrected chi connectivity index (χ1v) is 4.45. The first-order chi connectivity index (χ1) is 7.15. The van der Waals surface area contributed by atoms with Gasteiger partial charge >= 0.3 is 5.97 Å². The molecule has 0 aliphatic heterocycles. The SMILES string of the molecule is N[C@H](CO)c1ccccc1OCC(=O)O. The van der Waals surface area contributed by atoms with Crippen LogP contribution in [-0.2, 0) is 4.79 Å². The predicted molar refractivity (Wildman–Crippen MR) is 53.6 cm³/mol. The second kappa shape index (κ2) is 5.33. The van der Waals surface area contributed by atoms with Crippen molar-refractivity contribution in [2.75, 3.05) is 13.2 Å². The van der Waals surface area contributed by atoms with Gasteiger partial charge in [0.25, 0.3) is 0 Å². The number of aliphatic hydroxyl groups excluding tert-OH is 1. The number of nitrogens with two attached hydrogens (primary N) is 1. The standard InChI is InChI=1S/C10H13NO4/c11-8(5-12)7-3-1-2-4-9(7)15-6-10(13)14/h1-4,8,12H,5-6,11H2,(H,13,14)/t8-/m1/s1. The third kappa shape index (κ3) is 3.23. The van der Waals surface area contributed by atoms with E-state index < -0.39 is 18.6 Å². The Hall–Kier alpha value is -1.59. The van der Waals surface area contributed by atoms with E-state index in [-0.39, 0.29) is 6.61 Å². The van der Waals surface area contributed by atoms with E-state index in [4.69, 9.17) is 20.7 Å². The Morgan fingerprint density at radius 2 is 2.13 bits per heavy atom. The fraction of sp³-hybridized carbons (Fsp3) is 0.300. The number of hydrogen-bond donors (Lipinski definition) is 3. The average molecular weight is 211 g/mol. The number of aliphatic hydroxyl groups is 1. The predicted octanol–water partition coefficient (Wildman–Crippen LogP) is 0.142. The number of carbonyl (C=O) groups is 1. The van der Waals surface area contributed by atoms with E-state index in [0.29, 0.717) is 11.3 Å². The number of ether oxygens (including phenoxy) is 1. The van der Waals surface area contributed by atoms with Gasteiger partial charge in [-0.2, -0.15) is 0 Å². The van der Waals surface area contributed by atoms with Crippen LogP contribution in [0.1, 0.15) is 11.6 Å². The van der Waals surface area contributed by atoms with Crippen molar-refractivity contribution in [1.29, 1.82) is 0 Å². The van der Waals surface area contributed by atoms with Crippen LogP contribution in [0.2, 0.25) is 0 Å². The lowest BCUT2D eigenvalue weighted by atomic mass is 10.1. The third-order valence-electron chi connectivity index (χ3n) is 1.87. The van der Waals surface area contributed by atoms with Gasteiger partial charge in [0.15, 0.2) is 6.61 Å². The van der Waals surface area contributed by atoms with Crippen molar-refractivity contribution >= 4 is 5.97 Å². The number of carboxylic acids is 1. The van der Waals surface area contributed by atoms with Crippen LogP contribution in [0.3, 0.4) is 0 Å². The molecule has 0 unspecified atom stereocenters. The maximum Gasteiger partial charge on any atom is 0.341 e. The van der Waals surface area contributed by atoms with Crippen molar-refractivity contribution in [2.45, 2.75) is 6.04 Å². The minimum atomic E-state index is -1.05. The fourth-order valence-corrected chi connectivity index (χ4v) is 1.16. The van der Waals surface area contributed by atoms with Gasteiger partial charge in [-0.25, -0.2) is 4.79 Å². The summed E-state index contributed by atoms with van der Waals surface area (Å²) < 4.78 is 5.03. The van der Waals surface area contributed by atoms with Crippen molar-refractivity contribution in [2.24, 2.45) is 5.73 Å². The minimum Gasteiger partial charge on any atom is -0.482 e. The van der Waals surface area contributed by atoms with Crippen molar-refractivity contribution in [3.8, 4) is 5.75 Å². The lowest BCUT2D eigenvalue weighted by Crippen LogP contribution is -2.17. The summed E-state index contributed by atoms with van der Waals surface area (Å²) >= 11 is 0. The molecule has 0 fully saturated rings. The van der Waals surface area contributed by atoms with Gasteiger partial charge < -0.3 is 20.7 Å². The van der Waals surface area contributed by atoms with Gasteiger partial charge in [0.1, 0.15) is 5.75 Å². The lowest BCUT2D eigenvalue weighted by molar-refractivity contribution is -0.139. The molecule has 1 rings (SSSR count). The second-order valence-electron chi connectivity index (χ2n) is 3.01. The summed E-state index contributed by atoms with van der Waals surface area (Å²) in [6.45, 7) is -0.636. The molecule has 5 nitrogen and oxygen atoms in total. The summed E-state index contributed by atoms with van der Waals surface area (Å²) in [4.78, 5) is 10.3. The molecule has 0 aliphatic carbocycles. The maximum atomic E-state index is 10.3. The van der Waals surface area contributed by atoms with Gasteiger partial charge in [0.05, 0.1) is 12.6 Å². The molecule has 0 bridgehead atoms. The van der Waals surface area contributed by atoms with Gasteiger partial charge in [-0.05, 0) is 6.07 Å². The molecule has 82 valence electrons. The first-order valence-electron chi connectivity index (χ1n) is 4.45. The molecule has 5 heteroatoms. The molecule has 4 N–H and O–H groups in total. The molecule has 1 atom stereocenters. The topological polar surface area (TPSA) is 92.8 Å². The monoisotopic (exact) mass is 211 g/mol. The summed E-state index contributed by atoms with van der Waals surface area (Å²) in [6, 6.07) is 6.21. The van der Waals surface area contributed by atoms with E-state index in [9.17, 15) is 4.79 Å². The zero-order valence-electron chi connectivity index (χ0n) is 8.09. The molecule has 1 aromatic carbocycles. The Labute approximate surface area is 87.1 Å². The van der Waals surface area contributed by atoms with E-state index in [1.54, 1.807) is 24.3 Å². The normalized spacial score (nSPS) is 12.1. The van der Waals surface area contributed by atoms with Crippen LogP contribution < -0.4 is 10.5 Å². The van der Waals surface area contributed by atoms with E-state index in [1.165, 1.54) is 0 Å². The van der Waals surface area contributed by atoms with Crippen molar-refractivity contribution in [3.63, 3.8) is 0 Å². The van der Waals surface area contributed by atoms with Gasteiger partial charge in [-0.3, -0.25) is 0 Å². The lowest BCUT2D eigenvalue weighted by Gasteiger charge is -2.13. The quantitative estimate of drug-likeness (QED) is 0.644. The van der Waals surface area contributed by atoms with Crippen molar-refractivity contribution in [1.82, 2.24) is 0 Å². The average Bonchev–Trinajstić information content (AvgIpc) is 2.25. The Kier molecular flexibility index (Phi) is 4.08. The zero-order chi connectivity index (χ0) is 11.3. The van der Waals surface area contributed by atoms with Gasteiger partial charge in [-0.15, -0.1) is 0 Å². The Morgan fingerprint density at radius 1 is 1.47 bits per heavy atom. The molecule has 15 heavy (non-hydrogen) atoms. The van der Waals surface area contributed by atoms with Crippen LogP contribution in [-0.4, -0.2) is 29.4 Å². The van der Waals surface area contributed by atoms with Crippen LogP contribution in [0.15, 0.2) is 24.3 Å². The second-order valence-corrected chi connectivity index (χ2v) is 3.01. The molecule has 0 amide bonds. The number of para-hydroxylation sites is 1. The van der Waals surface area contributed by atoms with Gasteiger partial charge in [0.2, 0.25) is 0 Å². The van der Waals surface area contributed by atoms with Crippen molar-refractivity contribution in [3.05, 3.63) is 29.8 Å². The van der Waals surface area contributed by atoms with Gasteiger partial charge in [-0.1, -0.05) is 18.2 Å². The molecule has 0 saturated carbocycles. The molecule has 1 aromatic rings. The third-order valence-corrected chi connectivity index (χ3v) is 1.87. The highest BCUT2D eigenvalue weighted by Crippen LogP contribution is 2.23. The summed E-state index contributed by atoms with van der Waals surface area (Å²) in [7, 11) is 0. The summed E-state index contributed by atoms with van der Waals surface area (Å²) in [5, 5.41) is 17.3. The number of rotatable bonds is 5. The molecule has 0 spiro atoms. The number of hydrogen-bond acceptors (Lipinski definition) is 4. The van der Waals surface area contributed by atoms with Gasteiger partial charge in [0, 0.05) is 5.56 Å². The molecular formula is C10H13NO4.